The van der Waals surface area contributed by atoms with Gasteiger partial charge in [0.15, 0.2) is 5.69 Å². The molecule has 66 valence electrons. The van der Waals surface area contributed by atoms with E-state index >= 15 is 0 Å². The molecular formula is C6H8F2N4. The highest BCUT2D eigenvalue weighted by Crippen LogP contribution is 2.20. The number of nitrogens with one attached hydrogen (secondary N) is 1. The van der Waals surface area contributed by atoms with E-state index in [1.165, 1.54) is 4.68 Å². The minimum absolute atomic E-state index is 0.192. The van der Waals surface area contributed by atoms with E-state index in [1.807, 2.05) is 0 Å². The fourth-order valence-electron chi connectivity index (χ4n) is 1.27. The molecule has 4 nitrogen and oxygen atoms in total. The summed E-state index contributed by atoms with van der Waals surface area (Å²) in [4.78, 5) is 0. The molecule has 1 aromatic heterocycles. The van der Waals surface area contributed by atoms with E-state index in [0.717, 1.165) is 6.54 Å². The van der Waals surface area contributed by atoms with Crippen molar-refractivity contribution >= 4 is 0 Å². The molecule has 1 aliphatic rings. The van der Waals surface area contributed by atoms with Gasteiger partial charge in [-0.25, -0.2) is 13.5 Å². The third-order valence-electron chi connectivity index (χ3n) is 1.87. The molecule has 0 saturated heterocycles. The summed E-state index contributed by atoms with van der Waals surface area (Å²) < 4.78 is 26.0. The van der Waals surface area contributed by atoms with Gasteiger partial charge in [0.05, 0.1) is 12.2 Å². The summed E-state index contributed by atoms with van der Waals surface area (Å²) in [5, 5.41) is 10.0. The first kappa shape index (κ1) is 7.60. The summed E-state index contributed by atoms with van der Waals surface area (Å²) in [5.41, 5.74) is 0.318. The molecule has 0 unspecified atom stereocenters. The van der Waals surface area contributed by atoms with E-state index in [9.17, 15) is 8.78 Å². The van der Waals surface area contributed by atoms with E-state index in [4.69, 9.17) is 0 Å². The van der Waals surface area contributed by atoms with Gasteiger partial charge in [0.25, 0.3) is 6.43 Å². The zero-order valence-corrected chi connectivity index (χ0v) is 6.30. The van der Waals surface area contributed by atoms with E-state index in [-0.39, 0.29) is 5.69 Å². The maximum absolute atomic E-state index is 12.2. The Balaban J connectivity index is 2.38. The number of nitrogens with zero attached hydrogens (tertiary/aromatic N) is 3. The lowest BCUT2D eigenvalue weighted by atomic mass is 10.3. The molecule has 0 spiro atoms. The van der Waals surface area contributed by atoms with Crippen molar-refractivity contribution in [2.75, 3.05) is 6.54 Å². The van der Waals surface area contributed by atoms with Crippen LogP contribution in [0, 0.1) is 0 Å². The van der Waals surface area contributed by atoms with Crippen molar-refractivity contribution in [3.05, 3.63) is 11.4 Å². The van der Waals surface area contributed by atoms with Crippen LogP contribution in [-0.4, -0.2) is 21.5 Å². The average Bonchev–Trinajstić information content (AvgIpc) is 2.47. The molecule has 0 radical (unpaired) electrons. The lowest BCUT2D eigenvalue weighted by Gasteiger charge is -2.14. The molecule has 0 aliphatic carbocycles. The molecule has 0 saturated carbocycles. The average molecular weight is 174 g/mol. The molecule has 0 atom stereocenters. The first-order valence-corrected chi connectivity index (χ1v) is 3.70. The van der Waals surface area contributed by atoms with E-state index in [2.05, 4.69) is 15.6 Å². The van der Waals surface area contributed by atoms with Crippen LogP contribution in [0.2, 0.25) is 0 Å². The Morgan fingerprint density at radius 2 is 2.33 bits per heavy atom. The van der Waals surface area contributed by atoms with Crippen LogP contribution < -0.4 is 5.32 Å². The van der Waals surface area contributed by atoms with E-state index in [0.29, 0.717) is 18.8 Å². The van der Waals surface area contributed by atoms with Crippen LogP contribution in [0.4, 0.5) is 8.78 Å². The molecule has 1 aromatic rings. The van der Waals surface area contributed by atoms with Crippen LogP contribution in [0.3, 0.4) is 0 Å². The van der Waals surface area contributed by atoms with Crippen molar-refractivity contribution in [1.29, 1.82) is 0 Å². The summed E-state index contributed by atoms with van der Waals surface area (Å²) >= 11 is 0. The first-order chi connectivity index (χ1) is 5.79. The van der Waals surface area contributed by atoms with Gasteiger partial charge in [-0.15, -0.1) is 5.10 Å². The monoisotopic (exact) mass is 174 g/mol. The van der Waals surface area contributed by atoms with Gasteiger partial charge >= 0.3 is 0 Å². The third-order valence-corrected chi connectivity index (χ3v) is 1.87. The van der Waals surface area contributed by atoms with Gasteiger partial charge in [-0.05, 0) is 0 Å². The number of rotatable bonds is 1. The summed E-state index contributed by atoms with van der Waals surface area (Å²) in [6, 6.07) is 0. The van der Waals surface area contributed by atoms with Gasteiger partial charge in [-0.1, -0.05) is 5.21 Å². The Bertz CT molecular complexity index is 283. The highest BCUT2D eigenvalue weighted by molar-refractivity contribution is 5.12. The number of halogens is 2. The van der Waals surface area contributed by atoms with Crippen LogP contribution in [-0.2, 0) is 13.1 Å². The quantitative estimate of drug-likeness (QED) is 0.666. The number of hydrogen-bond donors (Lipinski definition) is 1. The van der Waals surface area contributed by atoms with Gasteiger partial charge < -0.3 is 5.32 Å². The van der Waals surface area contributed by atoms with Crippen molar-refractivity contribution in [2.45, 2.75) is 19.5 Å². The fourth-order valence-corrected chi connectivity index (χ4v) is 1.27. The largest absolute Gasteiger partial charge is 0.309 e. The molecule has 1 aliphatic heterocycles. The summed E-state index contributed by atoms with van der Waals surface area (Å²) in [5.74, 6) is 0. The van der Waals surface area contributed by atoms with Crippen LogP contribution in [0.5, 0.6) is 0 Å². The van der Waals surface area contributed by atoms with Gasteiger partial charge in [0, 0.05) is 13.1 Å². The Morgan fingerprint density at radius 1 is 1.50 bits per heavy atom. The van der Waals surface area contributed by atoms with Crippen LogP contribution in [0.1, 0.15) is 17.8 Å². The second-order valence-corrected chi connectivity index (χ2v) is 2.62. The van der Waals surface area contributed by atoms with Crippen molar-refractivity contribution in [3.63, 3.8) is 0 Å². The SMILES string of the molecule is FC(F)c1nnn2c1CNCC2. The van der Waals surface area contributed by atoms with Gasteiger partial charge in [-0.3, -0.25) is 0 Å². The molecule has 1 N–H and O–H groups in total. The normalized spacial score (nSPS) is 16.6. The summed E-state index contributed by atoms with van der Waals surface area (Å²) in [6.45, 7) is 1.82. The number of fused-ring (bicyclic) bond motifs is 1. The predicted molar refractivity (Wildman–Crippen MR) is 36.7 cm³/mol. The van der Waals surface area contributed by atoms with Gasteiger partial charge in [0.2, 0.25) is 0 Å². The molecule has 0 amide bonds. The molecule has 2 heterocycles. The Morgan fingerprint density at radius 3 is 3.08 bits per heavy atom. The minimum Gasteiger partial charge on any atom is -0.309 e. The lowest BCUT2D eigenvalue weighted by molar-refractivity contribution is 0.144. The second kappa shape index (κ2) is 2.78. The second-order valence-electron chi connectivity index (χ2n) is 2.62. The van der Waals surface area contributed by atoms with E-state index in [1.54, 1.807) is 0 Å². The number of aromatic nitrogens is 3. The molecular weight excluding hydrogens is 166 g/mol. The first-order valence-electron chi connectivity index (χ1n) is 3.70. The van der Waals surface area contributed by atoms with Crippen LogP contribution in [0.15, 0.2) is 0 Å². The fraction of sp³-hybridized carbons (Fsp3) is 0.667. The number of alkyl halides is 2. The lowest BCUT2D eigenvalue weighted by Crippen LogP contribution is -2.29. The van der Waals surface area contributed by atoms with Crippen molar-refractivity contribution < 1.29 is 8.78 Å². The highest BCUT2D eigenvalue weighted by atomic mass is 19.3. The summed E-state index contributed by atoms with van der Waals surface area (Å²) in [6.07, 6.45) is -2.52. The van der Waals surface area contributed by atoms with Crippen molar-refractivity contribution in [1.82, 2.24) is 20.3 Å². The maximum Gasteiger partial charge on any atom is 0.284 e. The van der Waals surface area contributed by atoms with Gasteiger partial charge in [-0.2, -0.15) is 0 Å². The minimum atomic E-state index is -2.52. The molecule has 0 fully saturated rings. The number of hydrogen-bond acceptors (Lipinski definition) is 3. The third kappa shape index (κ3) is 1.08. The zero-order valence-electron chi connectivity index (χ0n) is 6.30. The van der Waals surface area contributed by atoms with Crippen molar-refractivity contribution in [3.8, 4) is 0 Å². The molecule has 0 bridgehead atoms. The van der Waals surface area contributed by atoms with Crippen molar-refractivity contribution in [2.24, 2.45) is 0 Å². The Hall–Kier alpha value is -1.04. The van der Waals surface area contributed by atoms with Crippen LogP contribution in [0.25, 0.3) is 0 Å². The maximum atomic E-state index is 12.2. The van der Waals surface area contributed by atoms with E-state index < -0.39 is 6.43 Å². The van der Waals surface area contributed by atoms with Gasteiger partial charge in [0.1, 0.15) is 0 Å². The summed E-state index contributed by atoms with van der Waals surface area (Å²) in [7, 11) is 0. The highest BCUT2D eigenvalue weighted by Gasteiger charge is 2.22. The Kier molecular flexibility index (Phi) is 1.76. The molecule has 2 rings (SSSR count). The standard InChI is InChI=1S/C6H8F2N4/c7-6(8)5-4-3-9-1-2-12(4)11-10-5/h6,9H,1-3H2. The smallest absolute Gasteiger partial charge is 0.284 e. The molecule has 6 heteroatoms. The molecule has 12 heavy (non-hydrogen) atoms. The topological polar surface area (TPSA) is 42.7 Å². The van der Waals surface area contributed by atoms with Crippen LogP contribution >= 0.6 is 0 Å². The molecule has 0 aromatic carbocycles. The Labute approximate surface area is 67.6 Å². The zero-order chi connectivity index (χ0) is 8.55. The predicted octanol–water partition coefficient (Wildman–Crippen LogP) is 0.319.